The van der Waals surface area contributed by atoms with Crippen molar-refractivity contribution in [2.75, 3.05) is 0 Å². The molecule has 1 aromatic heterocycles. The zero-order valence-corrected chi connectivity index (χ0v) is 10.6. The lowest BCUT2D eigenvalue weighted by atomic mass is 10.3. The van der Waals surface area contributed by atoms with Crippen molar-refractivity contribution in [3.05, 3.63) is 51.7 Å². The van der Waals surface area contributed by atoms with Gasteiger partial charge < -0.3 is 4.74 Å². The molecule has 0 aliphatic rings. The molecular formula is C11H5BrClF2NO. The van der Waals surface area contributed by atoms with Crippen LogP contribution in [0, 0.1) is 11.6 Å². The molecule has 0 bridgehead atoms. The minimum atomic E-state index is -0.997. The first-order chi connectivity index (χ1) is 8.08. The van der Waals surface area contributed by atoms with E-state index in [0.717, 1.165) is 12.1 Å². The Hall–Kier alpha value is -1.20. The summed E-state index contributed by atoms with van der Waals surface area (Å²) in [7, 11) is 0. The monoisotopic (exact) mass is 319 g/mol. The van der Waals surface area contributed by atoms with Crippen LogP contribution in [0.1, 0.15) is 0 Å². The molecule has 0 saturated heterocycles. The molecule has 0 saturated carbocycles. The summed E-state index contributed by atoms with van der Waals surface area (Å²) in [5.74, 6) is -1.57. The van der Waals surface area contributed by atoms with E-state index in [1.54, 1.807) is 0 Å². The highest BCUT2D eigenvalue weighted by molar-refractivity contribution is 9.10. The molecule has 0 aliphatic carbocycles. The molecule has 0 atom stereocenters. The molecule has 2 aromatic rings. The zero-order valence-electron chi connectivity index (χ0n) is 8.25. The Labute approximate surface area is 109 Å². The number of halogens is 4. The second kappa shape index (κ2) is 4.98. The van der Waals surface area contributed by atoms with Crippen molar-refractivity contribution in [2.45, 2.75) is 0 Å². The summed E-state index contributed by atoms with van der Waals surface area (Å²) in [6, 6.07) is 3.45. The lowest BCUT2D eigenvalue weighted by molar-refractivity contribution is 0.457. The maximum atomic E-state index is 13.0. The fourth-order valence-electron chi connectivity index (χ4n) is 1.14. The summed E-state index contributed by atoms with van der Waals surface area (Å²) in [4.78, 5) is 3.82. The van der Waals surface area contributed by atoms with E-state index in [2.05, 4.69) is 20.9 Å². The number of benzene rings is 1. The van der Waals surface area contributed by atoms with Gasteiger partial charge >= 0.3 is 0 Å². The first kappa shape index (κ1) is 12.3. The van der Waals surface area contributed by atoms with Crippen LogP contribution in [-0.2, 0) is 0 Å². The van der Waals surface area contributed by atoms with Gasteiger partial charge in [-0.05, 0) is 28.1 Å². The second-order valence-corrected chi connectivity index (χ2v) is 4.37. The molecule has 1 aromatic carbocycles. The Morgan fingerprint density at radius 3 is 2.59 bits per heavy atom. The van der Waals surface area contributed by atoms with Gasteiger partial charge in [0.1, 0.15) is 5.75 Å². The standard InChI is InChI=1S/C11H5BrClF2NO/c12-6-3-8(14)9(15)4-10(6)17-11-5-16-2-1-7(11)13/h1-5H. The summed E-state index contributed by atoms with van der Waals surface area (Å²) >= 11 is 8.92. The first-order valence-corrected chi connectivity index (χ1v) is 5.67. The molecule has 0 unspecified atom stereocenters. The minimum Gasteiger partial charge on any atom is -0.453 e. The van der Waals surface area contributed by atoms with Crippen LogP contribution in [0.4, 0.5) is 8.78 Å². The number of hydrogen-bond donors (Lipinski definition) is 0. The Balaban J connectivity index is 2.37. The van der Waals surface area contributed by atoms with Gasteiger partial charge in [-0.1, -0.05) is 11.6 Å². The molecule has 17 heavy (non-hydrogen) atoms. The molecule has 0 radical (unpaired) electrons. The Bertz CT molecular complexity index is 565. The summed E-state index contributed by atoms with van der Waals surface area (Å²) in [5.41, 5.74) is 0. The number of ether oxygens (including phenoxy) is 1. The van der Waals surface area contributed by atoms with Crippen molar-refractivity contribution in [1.82, 2.24) is 4.98 Å². The number of nitrogens with zero attached hydrogens (tertiary/aromatic N) is 1. The van der Waals surface area contributed by atoms with Gasteiger partial charge in [0.05, 0.1) is 15.7 Å². The van der Waals surface area contributed by atoms with Crippen molar-refractivity contribution in [3.8, 4) is 11.5 Å². The fourth-order valence-corrected chi connectivity index (χ4v) is 1.68. The molecule has 6 heteroatoms. The Morgan fingerprint density at radius 1 is 1.18 bits per heavy atom. The molecule has 2 rings (SSSR count). The van der Waals surface area contributed by atoms with Crippen molar-refractivity contribution < 1.29 is 13.5 Å². The highest BCUT2D eigenvalue weighted by atomic mass is 79.9. The average molecular weight is 321 g/mol. The highest BCUT2D eigenvalue weighted by Gasteiger charge is 2.11. The Morgan fingerprint density at radius 2 is 1.88 bits per heavy atom. The lowest BCUT2D eigenvalue weighted by Gasteiger charge is -2.08. The van der Waals surface area contributed by atoms with E-state index in [-0.39, 0.29) is 16.0 Å². The number of pyridine rings is 1. The topological polar surface area (TPSA) is 22.1 Å². The van der Waals surface area contributed by atoms with E-state index in [4.69, 9.17) is 16.3 Å². The molecule has 0 amide bonds. The van der Waals surface area contributed by atoms with E-state index in [9.17, 15) is 8.78 Å². The molecule has 88 valence electrons. The van der Waals surface area contributed by atoms with Crippen LogP contribution in [0.15, 0.2) is 35.1 Å². The van der Waals surface area contributed by atoms with Crippen LogP contribution < -0.4 is 4.74 Å². The predicted molar refractivity (Wildman–Crippen MR) is 63.4 cm³/mol. The van der Waals surface area contributed by atoms with Gasteiger partial charge in [-0.2, -0.15) is 0 Å². The summed E-state index contributed by atoms with van der Waals surface area (Å²) in [5, 5.41) is 0.330. The van der Waals surface area contributed by atoms with Gasteiger partial charge in [0, 0.05) is 12.3 Å². The van der Waals surface area contributed by atoms with E-state index >= 15 is 0 Å². The van der Waals surface area contributed by atoms with E-state index in [0.29, 0.717) is 5.02 Å². The van der Waals surface area contributed by atoms with Crippen LogP contribution in [0.25, 0.3) is 0 Å². The smallest absolute Gasteiger partial charge is 0.164 e. The molecular weight excluding hydrogens is 315 g/mol. The maximum absolute atomic E-state index is 13.0. The molecule has 1 heterocycles. The van der Waals surface area contributed by atoms with Gasteiger partial charge in [-0.15, -0.1) is 0 Å². The second-order valence-electron chi connectivity index (χ2n) is 3.10. The van der Waals surface area contributed by atoms with Crippen molar-refractivity contribution in [3.63, 3.8) is 0 Å². The van der Waals surface area contributed by atoms with Crippen LogP contribution >= 0.6 is 27.5 Å². The third-order valence-corrected chi connectivity index (χ3v) is 2.86. The Kier molecular flexibility index (Phi) is 3.59. The van der Waals surface area contributed by atoms with E-state index < -0.39 is 11.6 Å². The number of aromatic nitrogens is 1. The van der Waals surface area contributed by atoms with Crippen LogP contribution in [0.2, 0.25) is 5.02 Å². The van der Waals surface area contributed by atoms with Crippen LogP contribution in [0.3, 0.4) is 0 Å². The van der Waals surface area contributed by atoms with Gasteiger partial charge in [0.2, 0.25) is 0 Å². The van der Waals surface area contributed by atoms with Crippen molar-refractivity contribution in [2.24, 2.45) is 0 Å². The fraction of sp³-hybridized carbons (Fsp3) is 0. The maximum Gasteiger partial charge on any atom is 0.164 e. The minimum absolute atomic E-state index is 0.124. The van der Waals surface area contributed by atoms with Crippen molar-refractivity contribution >= 4 is 27.5 Å². The largest absolute Gasteiger partial charge is 0.453 e. The quantitative estimate of drug-likeness (QED) is 0.756. The third-order valence-electron chi connectivity index (χ3n) is 1.93. The van der Waals surface area contributed by atoms with Crippen LogP contribution in [0.5, 0.6) is 11.5 Å². The van der Waals surface area contributed by atoms with Crippen molar-refractivity contribution in [1.29, 1.82) is 0 Å². The summed E-state index contributed by atoms with van der Waals surface area (Å²) in [6.45, 7) is 0. The molecule has 0 spiro atoms. The van der Waals surface area contributed by atoms with Gasteiger partial charge in [-0.3, -0.25) is 4.98 Å². The molecule has 0 N–H and O–H groups in total. The number of hydrogen-bond acceptors (Lipinski definition) is 2. The van der Waals surface area contributed by atoms with Gasteiger partial charge in [-0.25, -0.2) is 8.78 Å². The third kappa shape index (κ3) is 2.73. The summed E-state index contributed by atoms with van der Waals surface area (Å²) in [6.07, 6.45) is 2.88. The molecule has 0 fully saturated rings. The van der Waals surface area contributed by atoms with E-state index in [1.807, 2.05) is 0 Å². The molecule has 2 nitrogen and oxygen atoms in total. The first-order valence-electron chi connectivity index (χ1n) is 4.50. The average Bonchev–Trinajstić information content (AvgIpc) is 2.29. The van der Waals surface area contributed by atoms with E-state index in [1.165, 1.54) is 18.5 Å². The lowest BCUT2D eigenvalue weighted by Crippen LogP contribution is -1.91. The van der Waals surface area contributed by atoms with Gasteiger partial charge in [0.15, 0.2) is 17.4 Å². The summed E-state index contributed by atoms with van der Waals surface area (Å²) < 4.78 is 31.5. The SMILES string of the molecule is Fc1cc(Br)c(Oc2cnccc2Cl)cc1F. The zero-order chi connectivity index (χ0) is 12.4. The molecule has 0 aliphatic heterocycles. The predicted octanol–water partition coefficient (Wildman–Crippen LogP) is 4.57. The number of rotatable bonds is 2. The van der Waals surface area contributed by atoms with Gasteiger partial charge in [0.25, 0.3) is 0 Å². The highest BCUT2D eigenvalue weighted by Crippen LogP contribution is 2.34. The normalized spacial score (nSPS) is 10.4. The van der Waals surface area contributed by atoms with Crippen LogP contribution in [-0.4, -0.2) is 4.98 Å².